The second kappa shape index (κ2) is 6.80. The van der Waals surface area contributed by atoms with Crippen LogP contribution in [0.15, 0.2) is 58.2 Å². The highest BCUT2D eigenvalue weighted by atomic mass is 32.2. The summed E-state index contributed by atoms with van der Waals surface area (Å²) in [5.41, 5.74) is -0.846. The van der Waals surface area contributed by atoms with Crippen LogP contribution in [0.25, 0.3) is 10.9 Å². The van der Waals surface area contributed by atoms with Crippen molar-refractivity contribution < 1.29 is 21.6 Å². The summed E-state index contributed by atoms with van der Waals surface area (Å²) in [6, 6.07) is 11.4. The molecule has 0 bridgehead atoms. The summed E-state index contributed by atoms with van der Waals surface area (Å²) >= 11 is 0. The zero-order valence-electron chi connectivity index (χ0n) is 14.2. The van der Waals surface area contributed by atoms with Crippen molar-refractivity contribution in [2.24, 2.45) is 0 Å². The van der Waals surface area contributed by atoms with Gasteiger partial charge in [-0.25, -0.2) is 13.4 Å². The van der Waals surface area contributed by atoms with Crippen LogP contribution in [0, 0.1) is 0 Å². The second-order valence-electron chi connectivity index (χ2n) is 5.85. The Kier molecular flexibility index (Phi) is 4.81. The van der Waals surface area contributed by atoms with Gasteiger partial charge >= 0.3 is 6.18 Å². The van der Waals surface area contributed by atoms with Crippen molar-refractivity contribution in [1.82, 2.24) is 9.55 Å². The molecule has 27 heavy (non-hydrogen) atoms. The van der Waals surface area contributed by atoms with Crippen molar-refractivity contribution in [3.05, 3.63) is 70.3 Å². The van der Waals surface area contributed by atoms with E-state index in [0.29, 0.717) is 4.57 Å². The average molecular weight is 396 g/mol. The lowest BCUT2D eigenvalue weighted by molar-refractivity contribution is -0.147. The van der Waals surface area contributed by atoms with Crippen LogP contribution < -0.4 is 5.56 Å². The van der Waals surface area contributed by atoms with E-state index in [1.165, 1.54) is 55.5 Å². The number of halogens is 3. The van der Waals surface area contributed by atoms with Crippen LogP contribution in [0.4, 0.5) is 13.2 Å². The third kappa shape index (κ3) is 3.59. The van der Waals surface area contributed by atoms with Crippen LogP contribution in [-0.4, -0.2) is 23.7 Å². The second-order valence-corrected chi connectivity index (χ2v) is 8.10. The lowest BCUT2D eigenvalue weighted by atomic mass is 10.2. The SMILES string of the molecule is CCS(=O)(=O)c1ccccc1Cn1c(C(F)(F)F)nc2ccccc2c1=O. The lowest BCUT2D eigenvalue weighted by Gasteiger charge is -2.17. The Balaban J connectivity index is 2.28. The monoisotopic (exact) mass is 396 g/mol. The molecule has 0 amide bonds. The number of sulfone groups is 1. The Labute approximate surface area is 153 Å². The summed E-state index contributed by atoms with van der Waals surface area (Å²) in [7, 11) is -3.67. The molecule has 3 rings (SSSR count). The minimum absolute atomic E-state index is 0.0290. The zero-order chi connectivity index (χ0) is 19.8. The Morgan fingerprint density at radius 3 is 2.33 bits per heavy atom. The molecule has 0 saturated carbocycles. The Bertz CT molecular complexity index is 1170. The molecule has 0 atom stereocenters. The van der Waals surface area contributed by atoms with Gasteiger partial charge in [0.2, 0.25) is 5.82 Å². The normalized spacial score (nSPS) is 12.4. The van der Waals surface area contributed by atoms with Gasteiger partial charge in [0.25, 0.3) is 5.56 Å². The molecule has 3 aromatic rings. The van der Waals surface area contributed by atoms with Gasteiger partial charge in [0.05, 0.1) is 28.1 Å². The summed E-state index contributed by atoms with van der Waals surface area (Å²) in [5, 5.41) is 0.0290. The number of fused-ring (bicyclic) bond motifs is 1. The fourth-order valence-electron chi connectivity index (χ4n) is 2.79. The summed E-state index contributed by atoms with van der Waals surface area (Å²) in [6.07, 6.45) is -4.87. The van der Waals surface area contributed by atoms with Gasteiger partial charge in [-0.1, -0.05) is 37.3 Å². The molecule has 1 aromatic heterocycles. The molecule has 0 aliphatic rings. The molecule has 0 radical (unpaired) electrons. The molecule has 0 N–H and O–H groups in total. The van der Waals surface area contributed by atoms with Gasteiger partial charge < -0.3 is 0 Å². The van der Waals surface area contributed by atoms with Gasteiger partial charge in [-0.2, -0.15) is 13.2 Å². The number of para-hydroxylation sites is 1. The van der Waals surface area contributed by atoms with Crippen molar-refractivity contribution in [2.45, 2.75) is 24.5 Å². The van der Waals surface area contributed by atoms with Gasteiger partial charge in [0, 0.05) is 0 Å². The van der Waals surface area contributed by atoms with Crippen molar-refractivity contribution >= 4 is 20.7 Å². The standard InChI is InChI=1S/C18H15F3N2O3S/c1-2-27(25,26)15-10-6-3-7-12(15)11-23-16(24)13-8-4-5-9-14(13)22-17(23)18(19,20)21/h3-10H,2,11H2,1H3. The summed E-state index contributed by atoms with van der Waals surface area (Å²) < 4.78 is 65.6. The first kappa shape index (κ1) is 19.1. The highest BCUT2D eigenvalue weighted by molar-refractivity contribution is 7.91. The largest absolute Gasteiger partial charge is 0.449 e. The molecule has 142 valence electrons. The third-order valence-electron chi connectivity index (χ3n) is 4.13. The fraction of sp³-hybridized carbons (Fsp3) is 0.222. The van der Waals surface area contributed by atoms with Crippen LogP contribution in [0.2, 0.25) is 0 Å². The van der Waals surface area contributed by atoms with E-state index in [4.69, 9.17) is 0 Å². The molecule has 1 heterocycles. The summed E-state index contributed by atoms with van der Waals surface area (Å²) in [5.74, 6) is -1.57. The van der Waals surface area contributed by atoms with Crippen LogP contribution in [0.1, 0.15) is 18.3 Å². The van der Waals surface area contributed by atoms with E-state index in [2.05, 4.69) is 4.98 Å². The third-order valence-corrected chi connectivity index (χ3v) is 5.96. The molecule has 0 saturated heterocycles. The first-order valence-electron chi connectivity index (χ1n) is 8.02. The fourth-order valence-corrected chi connectivity index (χ4v) is 3.92. The molecule has 2 aromatic carbocycles. The highest BCUT2D eigenvalue weighted by Crippen LogP contribution is 2.29. The minimum Gasteiger partial charge on any atom is -0.284 e. The van der Waals surface area contributed by atoms with E-state index in [1.807, 2.05) is 0 Å². The Hall–Kier alpha value is -2.68. The first-order chi connectivity index (χ1) is 12.6. The van der Waals surface area contributed by atoms with Crippen LogP contribution in [0.3, 0.4) is 0 Å². The smallest absolute Gasteiger partial charge is 0.284 e. The van der Waals surface area contributed by atoms with E-state index in [0.717, 1.165) is 0 Å². The molecule has 9 heteroatoms. The van der Waals surface area contributed by atoms with Crippen molar-refractivity contribution in [3.63, 3.8) is 0 Å². The van der Waals surface area contributed by atoms with Crippen molar-refractivity contribution in [3.8, 4) is 0 Å². The Morgan fingerprint density at radius 1 is 1.04 bits per heavy atom. The van der Waals surface area contributed by atoms with Crippen LogP contribution >= 0.6 is 0 Å². The number of hydrogen-bond acceptors (Lipinski definition) is 4. The topological polar surface area (TPSA) is 69.0 Å². The van der Waals surface area contributed by atoms with E-state index in [9.17, 15) is 26.4 Å². The summed E-state index contributed by atoms with van der Waals surface area (Å²) in [6.45, 7) is 0.887. The predicted molar refractivity (Wildman–Crippen MR) is 94.3 cm³/mol. The minimum atomic E-state index is -4.87. The predicted octanol–water partition coefficient (Wildman–Crippen LogP) is 3.26. The molecule has 0 aliphatic heterocycles. The Morgan fingerprint density at radius 2 is 1.67 bits per heavy atom. The molecular formula is C18H15F3N2O3S. The zero-order valence-corrected chi connectivity index (χ0v) is 15.0. The maximum atomic E-state index is 13.5. The molecule has 0 spiro atoms. The van der Waals surface area contributed by atoms with E-state index in [1.54, 1.807) is 0 Å². The maximum Gasteiger partial charge on any atom is 0.449 e. The van der Waals surface area contributed by atoms with E-state index < -0.39 is 33.9 Å². The highest BCUT2D eigenvalue weighted by Gasteiger charge is 2.37. The van der Waals surface area contributed by atoms with Gasteiger partial charge in [0.1, 0.15) is 0 Å². The van der Waals surface area contributed by atoms with Gasteiger partial charge in [-0.3, -0.25) is 9.36 Å². The van der Waals surface area contributed by atoms with Gasteiger partial charge in [-0.05, 0) is 23.8 Å². The quantitative estimate of drug-likeness (QED) is 0.679. The number of benzene rings is 2. The molecule has 5 nitrogen and oxygen atoms in total. The molecular weight excluding hydrogens is 381 g/mol. The summed E-state index contributed by atoms with van der Waals surface area (Å²) in [4.78, 5) is 16.2. The number of nitrogens with zero attached hydrogens (tertiary/aromatic N) is 2. The average Bonchev–Trinajstić information content (AvgIpc) is 2.63. The van der Waals surface area contributed by atoms with Crippen LogP contribution in [-0.2, 0) is 22.6 Å². The molecule has 0 aliphatic carbocycles. The van der Waals surface area contributed by atoms with Gasteiger partial charge in [0.15, 0.2) is 9.84 Å². The molecule has 0 unspecified atom stereocenters. The number of alkyl halides is 3. The lowest BCUT2D eigenvalue weighted by Crippen LogP contribution is -2.31. The van der Waals surface area contributed by atoms with Crippen molar-refractivity contribution in [2.75, 3.05) is 5.75 Å². The first-order valence-corrected chi connectivity index (χ1v) is 9.68. The number of rotatable bonds is 4. The number of aromatic nitrogens is 2. The van der Waals surface area contributed by atoms with Gasteiger partial charge in [-0.15, -0.1) is 0 Å². The molecule has 0 fully saturated rings. The number of hydrogen-bond donors (Lipinski definition) is 0. The van der Waals surface area contributed by atoms with E-state index >= 15 is 0 Å². The van der Waals surface area contributed by atoms with Crippen molar-refractivity contribution in [1.29, 1.82) is 0 Å². The van der Waals surface area contributed by atoms with E-state index in [-0.39, 0.29) is 27.1 Å². The maximum absolute atomic E-state index is 13.5. The van der Waals surface area contributed by atoms with Crippen LogP contribution in [0.5, 0.6) is 0 Å².